The zero-order valence-corrected chi connectivity index (χ0v) is 15.4. The Bertz CT molecular complexity index is 801. The molecule has 0 saturated carbocycles. The van der Waals surface area contributed by atoms with E-state index >= 15 is 0 Å². The fourth-order valence-corrected chi connectivity index (χ4v) is 3.42. The predicted molar refractivity (Wildman–Crippen MR) is 97.8 cm³/mol. The number of nitrogens with zero attached hydrogens (tertiary/aromatic N) is 2. The van der Waals surface area contributed by atoms with Gasteiger partial charge in [0, 0.05) is 37.0 Å². The maximum absolute atomic E-state index is 13.0. The van der Waals surface area contributed by atoms with Crippen LogP contribution in [0.1, 0.15) is 44.1 Å². The summed E-state index contributed by atoms with van der Waals surface area (Å²) in [6.07, 6.45) is 1.29. The van der Waals surface area contributed by atoms with E-state index in [1.54, 1.807) is 4.90 Å². The van der Waals surface area contributed by atoms with Crippen LogP contribution in [0.25, 0.3) is 10.9 Å². The van der Waals surface area contributed by atoms with Crippen LogP contribution in [-0.4, -0.2) is 40.0 Å². The van der Waals surface area contributed by atoms with Crippen molar-refractivity contribution in [1.29, 1.82) is 0 Å². The van der Waals surface area contributed by atoms with Crippen molar-refractivity contribution in [2.75, 3.05) is 13.1 Å². The molecule has 1 aliphatic heterocycles. The average Bonchev–Trinajstić information content (AvgIpc) is 2.90. The Balaban J connectivity index is 1.77. The number of piperidine rings is 1. The third-order valence-electron chi connectivity index (χ3n) is 4.65. The second-order valence-corrected chi connectivity index (χ2v) is 7.78. The SMILES string of the molecule is Cn1c(C(=O)C2CCCN(C(=O)OC(C)(C)C)C2)cc2ccccc21. The molecule has 2 heterocycles. The quantitative estimate of drug-likeness (QED) is 0.775. The lowest BCUT2D eigenvalue weighted by Gasteiger charge is -2.33. The number of hydrogen-bond donors (Lipinski definition) is 0. The topological polar surface area (TPSA) is 51.5 Å². The highest BCUT2D eigenvalue weighted by molar-refractivity contribution is 6.01. The highest BCUT2D eigenvalue weighted by Crippen LogP contribution is 2.26. The summed E-state index contributed by atoms with van der Waals surface area (Å²) in [5.74, 6) is -0.0729. The number of ketones is 1. The summed E-state index contributed by atoms with van der Waals surface area (Å²) < 4.78 is 7.40. The minimum Gasteiger partial charge on any atom is -0.444 e. The van der Waals surface area contributed by atoms with Gasteiger partial charge in [0.25, 0.3) is 0 Å². The lowest BCUT2D eigenvalue weighted by atomic mass is 9.92. The van der Waals surface area contributed by atoms with E-state index in [2.05, 4.69) is 0 Å². The fourth-order valence-electron chi connectivity index (χ4n) is 3.42. The van der Waals surface area contributed by atoms with Crippen LogP contribution in [0.5, 0.6) is 0 Å². The molecule has 3 rings (SSSR count). The van der Waals surface area contributed by atoms with Crippen LogP contribution < -0.4 is 0 Å². The monoisotopic (exact) mass is 342 g/mol. The summed E-state index contributed by atoms with van der Waals surface area (Å²) in [6.45, 7) is 6.64. The van der Waals surface area contributed by atoms with Crippen LogP contribution >= 0.6 is 0 Å². The van der Waals surface area contributed by atoms with Gasteiger partial charge in [-0.3, -0.25) is 4.79 Å². The molecule has 1 aromatic heterocycles. The molecule has 5 nitrogen and oxygen atoms in total. The van der Waals surface area contributed by atoms with Crippen molar-refractivity contribution in [3.8, 4) is 0 Å². The van der Waals surface area contributed by atoms with E-state index in [9.17, 15) is 9.59 Å². The third-order valence-corrected chi connectivity index (χ3v) is 4.65. The van der Waals surface area contributed by atoms with Gasteiger partial charge in [0.05, 0.1) is 5.69 Å². The summed E-state index contributed by atoms with van der Waals surface area (Å²) in [4.78, 5) is 27.0. The third kappa shape index (κ3) is 3.70. The summed E-state index contributed by atoms with van der Waals surface area (Å²) in [5.41, 5.74) is 1.23. The van der Waals surface area contributed by atoms with Crippen LogP contribution in [0.2, 0.25) is 0 Å². The average molecular weight is 342 g/mol. The molecule has 0 spiro atoms. The Morgan fingerprint density at radius 3 is 2.60 bits per heavy atom. The molecule has 1 atom stereocenters. The van der Waals surface area contributed by atoms with Gasteiger partial charge in [-0.15, -0.1) is 0 Å². The summed E-state index contributed by atoms with van der Waals surface area (Å²) in [6, 6.07) is 9.92. The minimum absolute atomic E-state index is 0.104. The molecule has 0 N–H and O–H groups in total. The van der Waals surface area contributed by atoms with Crippen LogP contribution in [-0.2, 0) is 11.8 Å². The molecule has 1 saturated heterocycles. The molecule has 0 bridgehead atoms. The molecule has 0 aliphatic carbocycles. The first-order valence-corrected chi connectivity index (χ1v) is 8.83. The Hall–Kier alpha value is -2.30. The number of aromatic nitrogens is 1. The van der Waals surface area contributed by atoms with Crippen molar-refractivity contribution in [1.82, 2.24) is 9.47 Å². The van der Waals surface area contributed by atoms with Crippen LogP contribution in [0.3, 0.4) is 0 Å². The van der Waals surface area contributed by atoms with Crippen molar-refractivity contribution >= 4 is 22.8 Å². The lowest BCUT2D eigenvalue weighted by molar-refractivity contribution is 0.0171. The molecular formula is C20H26N2O3. The highest BCUT2D eigenvalue weighted by atomic mass is 16.6. The van der Waals surface area contributed by atoms with Gasteiger partial charge in [-0.1, -0.05) is 18.2 Å². The number of likely N-dealkylation sites (tertiary alicyclic amines) is 1. The maximum atomic E-state index is 13.0. The number of carbonyl (C=O) groups is 2. The van der Waals surface area contributed by atoms with Crippen LogP contribution in [0.15, 0.2) is 30.3 Å². The number of aryl methyl sites for hydroxylation is 1. The number of carbonyl (C=O) groups excluding carboxylic acids is 2. The second kappa shape index (κ2) is 6.54. The number of benzene rings is 1. The van der Waals surface area contributed by atoms with E-state index in [0.29, 0.717) is 18.8 Å². The van der Waals surface area contributed by atoms with Crippen LogP contribution in [0, 0.1) is 5.92 Å². The first kappa shape index (κ1) is 17.5. The van der Waals surface area contributed by atoms with Crippen molar-refractivity contribution in [3.05, 3.63) is 36.0 Å². The van der Waals surface area contributed by atoms with E-state index < -0.39 is 5.60 Å². The number of fused-ring (bicyclic) bond motifs is 1. The maximum Gasteiger partial charge on any atom is 0.410 e. The molecule has 0 radical (unpaired) electrons. The first-order valence-electron chi connectivity index (χ1n) is 8.83. The molecule has 1 aromatic carbocycles. The molecule has 2 aromatic rings. The number of amides is 1. The molecule has 5 heteroatoms. The fraction of sp³-hybridized carbons (Fsp3) is 0.500. The van der Waals surface area contributed by atoms with Crippen molar-refractivity contribution in [2.45, 2.75) is 39.2 Å². The molecule has 1 unspecified atom stereocenters. The van der Waals surface area contributed by atoms with E-state index in [-0.39, 0.29) is 17.8 Å². The highest BCUT2D eigenvalue weighted by Gasteiger charge is 2.32. The molecule has 1 aliphatic rings. The Labute approximate surface area is 148 Å². The summed E-state index contributed by atoms with van der Waals surface area (Å²) in [5, 5.41) is 1.06. The van der Waals surface area contributed by atoms with E-state index in [1.807, 2.05) is 62.7 Å². The summed E-state index contributed by atoms with van der Waals surface area (Å²) >= 11 is 0. The zero-order chi connectivity index (χ0) is 18.2. The Morgan fingerprint density at radius 2 is 1.92 bits per heavy atom. The van der Waals surface area contributed by atoms with Gasteiger partial charge in [0.2, 0.25) is 0 Å². The lowest BCUT2D eigenvalue weighted by Crippen LogP contribution is -2.44. The second-order valence-electron chi connectivity index (χ2n) is 7.78. The predicted octanol–water partition coefficient (Wildman–Crippen LogP) is 4.01. The van der Waals surface area contributed by atoms with Gasteiger partial charge in [-0.05, 0) is 45.7 Å². The Kier molecular flexibility index (Phi) is 4.58. The first-order chi connectivity index (χ1) is 11.8. The number of hydrogen-bond acceptors (Lipinski definition) is 3. The largest absolute Gasteiger partial charge is 0.444 e. The van der Waals surface area contributed by atoms with Crippen molar-refractivity contribution < 1.29 is 14.3 Å². The molecule has 1 fully saturated rings. The number of rotatable bonds is 2. The van der Waals surface area contributed by atoms with E-state index in [1.165, 1.54) is 0 Å². The molecule has 134 valence electrons. The van der Waals surface area contributed by atoms with Gasteiger partial charge in [0.15, 0.2) is 5.78 Å². The summed E-state index contributed by atoms with van der Waals surface area (Å²) in [7, 11) is 1.92. The Morgan fingerprint density at radius 1 is 1.20 bits per heavy atom. The zero-order valence-electron chi connectivity index (χ0n) is 15.4. The van der Waals surface area contributed by atoms with Gasteiger partial charge in [0.1, 0.15) is 5.60 Å². The van der Waals surface area contributed by atoms with Crippen LogP contribution in [0.4, 0.5) is 4.79 Å². The molecule has 25 heavy (non-hydrogen) atoms. The minimum atomic E-state index is -0.524. The smallest absolute Gasteiger partial charge is 0.410 e. The number of para-hydroxylation sites is 1. The van der Waals surface area contributed by atoms with E-state index in [0.717, 1.165) is 23.7 Å². The van der Waals surface area contributed by atoms with E-state index in [4.69, 9.17) is 4.74 Å². The van der Waals surface area contributed by atoms with Crippen molar-refractivity contribution in [2.24, 2.45) is 13.0 Å². The molecule has 1 amide bonds. The number of Topliss-reactive ketones (excluding diaryl/α,β-unsaturated/α-hetero) is 1. The van der Waals surface area contributed by atoms with Crippen molar-refractivity contribution in [3.63, 3.8) is 0 Å². The normalized spacial score (nSPS) is 18.4. The molecular weight excluding hydrogens is 316 g/mol. The van der Waals surface area contributed by atoms with Gasteiger partial charge in [-0.25, -0.2) is 4.79 Å². The van der Waals surface area contributed by atoms with Gasteiger partial charge >= 0.3 is 6.09 Å². The standard InChI is InChI=1S/C20H26N2O3/c1-20(2,3)25-19(24)22-11-7-9-15(13-22)18(23)17-12-14-8-5-6-10-16(14)21(17)4/h5-6,8,10,12,15H,7,9,11,13H2,1-4H3. The van der Waals surface area contributed by atoms with Gasteiger partial charge < -0.3 is 14.2 Å². The van der Waals surface area contributed by atoms with Gasteiger partial charge in [-0.2, -0.15) is 0 Å². The number of ether oxygens (including phenoxy) is 1.